The zero-order chi connectivity index (χ0) is 14.5. The monoisotopic (exact) mass is 276 g/mol. The van der Waals surface area contributed by atoms with Crippen LogP contribution in [0.2, 0.25) is 0 Å². The van der Waals surface area contributed by atoms with Crippen LogP contribution in [0.15, 0.2) is 18.2 Å². The Morgan fingerprint density at radius 2 is 2.35 bits per heavy atom. The second-order valence-corrected chi connectivity index (χ2v) is 5.39. The van der Waals surface area contributed by atoms with Crippen molar-refractivity contribution in [3.8, 4) is 5.75 Å². The van der Waals surface area contributed by atoms with E-state index < -0.39 is 0 Å². The summed E-state index contributed by atoms with van der Waals surface area (Å²) in [7, 11) is 1.59. The number of aryl methyl sites for hydroxylation is 1. The molecule has 20 heavy (non-hydrogen) atoms. The van der Waals surface area contributed by atoms with Crippen molar-refractivity contribution in [2.45, 2.75) is 45.2 Å². The smallest absolute Gasteiger partial charge is 0.255 e. The van der Waals surface area contributed by atoms with E-state index in [9.17, 15) is 4.79 Å². The van der Waals surface area contributed by atoms with Crippen LogP contribution in [0.4, 0.5) is 0 Å². The molecule has 1 fully saturated rings. The normalized spacial score (nSPS) is 19.6. The molecule has 1 aromatic rings. The average Bonchev–Trinajstić information content (AvgIpc) is 2.98. The van der Waals surface area contributed by atoms with E-state index >= 15 is 0 Å². The Morgan fingerprint density at radius 3 is 2.95 bits per heavy atom. The maximum atomic E-state index is 12.5. The van der Waals surface area contributed by atoms with E-state index in [2.05, 4.69) is 17.6 Å². The molecule has 2 N–H and O–H groups in total. The van der Waals surface area contributed by atoms with Crippen molar-refractivity contribution in [3.05, 3.63) is 29.3 Å². The lowest BCUT2D eigenvalue weighted by Gasteiger charge is -2.24. The van der Waals surface area contributed by atoms with E-state index in [1.54, 1.807) is 7.11 Å². The molecule has 2 rings (SSSR count). The highest BCUT2D eigenvalue weighted by Crippen LogP contribution is 2.20. The standard InChI is InChI=1S/C16H24N2O2/c1-4-13(14-6-5-9-17-14)18-16(19)12-10-11(2)7-8-15(12)20-3/h7-8,10,13-14,17H,4-6,9H2,1-3H3,(H,18,19). The molecule has 1 amide bonds. The van der Waals surface area contributed by atoms with Gasteiger partial charge in [0.15, 0.2) is 0 Å². The second kappa shape index (κ2) is 6.75. The summed E-state index contributed by atoms with van der Waals surface area (Å²) in [5.41, 5.74) is 1.67. The third-order valence-electron chi connectivity index (χ3n) is 3.94. The van der Waals surface area contributed by atoms with E-state index in [4.69, 9.17) is 4.74 Å². The van der Waals surface area contributed by atoms with Gasteiger partial charge in [-0.25, -0.2) is 0 Å². The molecule has 1 aliphatic heterocycles. The lowest BCUT2D eigenvalue weighted by Crippen LogP contribution is -2.47. The summed E-state index contributed by atoms with van der Waals surface area (Å²) in [4.78, 5) is 12.5. The van der Waals surface area contributed by atoms with E-state index in [1.807, 2.05) is 25.1 Å². The first-order valence-electron chi connectivity index (χ1n) is 7.34. The van der Waals surface area contributed by atoms with Gasteiger partial charge in [0.25, 0.3) is 5.91 Å². The molecule has 0 aromatic heterocycles. The van der Waals surface area contributed by atoms with E-state index in [-0.39, 0.29) is 11.9 Å². The summed E-state index contributed by atoms with van der Waals surface area (Å²) in [6.07, 6.45) is 3.24. The summed E-state index contributed by atoms with van der Waals surface area (Å²) in [6.45, 7) is 5.13. The maximum Gasteiger partial charge on any atom is 0.255 e. The minimum atomic E-state index is -0.0499. The van der Waals surface area contributed by atoms with Gasteiger partial charge in [-0.05, 0) is 44.9 Å². The van der Waals surface area contributed by atoms with Gasteiger partial charge in [-0.15, -0.1) is 0 Å². The molecule has 1 heterocycles. The van der Waals surface area contributed by atoms with Gasteiger partial charge in [-0.1, -0.05) is 18.6 Å². The molecule has 4 nitrogen and oxygen atoms in total. The highest BCUT2D eigenvalue weighted by Gasteiger charge is 2.25. The van der Waals surface area contributed by atoms with Gasteiger partial charge in [0.2, 0.25) is 0 Å². The van der Waals surface area contributed by atoms with Crippen LogP contribution in [0.5, 0.6) is 5.75 Å². The maximum absolute atomic E-state index is 12.5. The van der Waals surface area contributed by atoms with E-state index in [1.165, 1.54) is 6.42 Å². The molecule has 1 aliphatic rings. The number of nitrogens with one attached hydrogen (secondary N) is 2. The summed E-state index contributed by atoms with van der Waals surface area (Å²) >= 11 is 0. The SMILES string of the molecule is CCC(NC(=O)c1cc(C)ccc1OC)C1CCCN1. The zero-order valence-corrected chi connectivity index (χ0v) is 12.5. The van der Waals surface area contributed by atoms with Gasteiger partial charge in [-0.3, -0.25) is 4.79 Å². The fourth-order valence-corrected chi connectivity index (χ4v) is 2.79. The van der Waals surface area contributed by atoms with Crippen molar-refractivity contribution in [1.82, 2.24) is 10.6 Å². The predicted molar refractivity (Wildman–Crippen MR) is 80.3 cm³/mol. The number of methoxy groups -OCH3 is 1. The number of carbonyl (C=O) groups excluding carboxylic acids is 1. The van der Waals surface area contributed by atoms with Crippen LogP contribution in [0.3, 0.4) is 0 Å². The van der Waals surface area contributed by atoms with Crippen LogP contribution < -0.4 is 15.4 Å². The molecule has 1 aromatic carbocycles. The number of ether oxygens (including phenoxy) is 1. The first-order chi connectivity index (χ1) is 9.65. The Bertz CT molecular complexity index is 468. The molecule has 2 atom stereocenters. The number of benzene rings is 1. The van der Waals surface area contributed by atoms with Gasteiger partial charge in [-0.2, -0.15) is 0 Å². The van der Waals surface area contributed by atoms with Crippen molar-refractivity contribution in [2.24, 2.45) is 0 Å². The predicted octanol–water partition coefficient (Wildman–Crippen LogP) is 2.26. The quantitative estimate of drug-likeness (QED) is 0.867. The molecule has 0 aliphatic carbocycles. The Labute approximate surface area is 120 Å². The van der Waals surface area contributed by atoms with Crippen molar-refractivity contribution in [2.75, 3.05) is 13.7 Å². The molecule has 110 valence electrons. The summed E-state index contributed by atoms with van der Waals surface area (Å²) < 4.78 is 5.29. The second-order valence-electron chi connectivity index (χ2n) is 5.39. The topological polar surface area (TPSA) is 50.4 Å². The number of amides is 1. The van der Waals surface area contributed by atoms with Crippen LogP contribution in [-0.4, -0.2) is 31.6 Å². The van der Waals surface area contributed by atoms with Gasteiger partial charge in [0.1, 0.15) is 5.75 Å². The Morgan fingerprint density at radius 1 is 1.55 bits per heavy atom. The summed E-state index contributed by atoms with van der Waals surface area (Å²) in [5, 5.41) is 6.60. The molecule has 1 saturated heterocycles. The third kappa shape index (κ3) is 3.31. The highest BCUT2D eigenvalue weighted by molar-refractivity contribution is 5.97. The van der Waals surface area contributed by atoms with Crippen LogP contribution in [-0.2, 0) is 0 Å². The fraction of sp³-hybridized carbons (Fsp3) is 0.562. The van der Waals surface area contributed by atoms with Crippen LogP contribution in [0, 0.1) is 6.92 Å². The number of carbonyl (C=O) groups is 1. The summed E-state index contributed by atoms with van der Waals surface area (Å²) in [5.74, 6) is 0.577. The highest BCUT2D eigenvalue weighted by atomic mass is 16.5. The van der Waals surface area contributed by atoms with Crippen LogP contribution in [0.1, 0.15) is 42.1 Å². The molecule has 0 radical (unpaired) electrons. The zero-order valence-electron chi connectivity index (χ0n) is 12.5. The molecule has 0 bridgehead atoms. The molecular formula is C16H24N2O2. The largest absolute Gasteiger partial charge is 0.496 e. The minimum Gasteiger partial charge on any atom is -0.496 e. The van der Waals surface area contributed by atoms with Gasteiger partial charge in [0, 0.05) is 12.1 Å². The average molecular weight is 276 g/mol. The van der Waals surface area contributed by atoms with Gasteiger partial charge in [0.05, 0.1) is 12.7 Å². The van der Waals surface area contributed by atoms with Crippen molar-refractivity contribution >= 4 is 5.91 Å². The van der Waals surface area contributed by atoms with Crippen LogP contribution in [0.25, 0.3) is 0 Å². The van der Waals surface area contributed by atoms with E-state index in [0.29, 0.717) is 17.4 Å². The number of hydrogen-bond donors (Lipinski definition) is 2. The van der Waals surface area contributed by atoms with E-state index in [0.717, 1.165) is 24.9 Å². The lowest BCUT2D eigenvalue weighted by molar-refractivity contribution is 0.0924. The van der Waals surface area contributed by atoms with Gasteiger partial charge >= 0.3 is 0 Å². The first kappa shape index (κ1) is 14.9. The molecule has 0 saturated carbocycles. The lowest BCUT2D eigenvalue weighted by atomic mass is 10.0. The van der Waals surface area contributed by atoms with Gasteiger partial charge < -0.3 is 15.4 Å². The minimum absolute atomic E-state index is 0.0499. The third-order valence-corrected chi connectivity index (χ3v) is 3.94. The number of rotatable bonds is 5. The fourth-order valence-electron chi connectivity index (χ4n) is 2.79. The Balaban J connectivity index is 2.12. The summed E-state index contributed by atoms with van der Waals surface area (Å²) in [6, 6.07) is 6.24. The molecular weight excluding hydrogens is 252 g/mol. The number of hydrogen-bond acceptors (Lipinski definition) is 3. The molecule has 0 spiro atoms. The van der Waals surface area contributed by atoms with Crippen molar-refractivity contribution in [1.29, 1.82) is 0 Å². The Kier molecular flexibility index (Phi) is 5.01. The molecule has 2 unspecified atom stereocenters. The van der Waals surface area contributed by atoms with Crippen LogP contribution >= 0.6 is 0 Å². The Hall–Kier alpha value is -1.55. The van der Waals surface area contributed by atoms with Crippen molar-refractivity contribution < 1.29 is 9.53 Å². The molecule has 4 heteroatoms. The first-order valence-corrected chi connectivity index (χ1v) is 7.34. The van der Waals surface area contributed by atoms with Crippen molar-refractivity contribution in [3.63, 3.8) is 0 Å².